The lowest BCUT2D eigenvalue weighted by molar-refractivity contribution is -0.138. The number of nitrogens with zero attached hydrogens (tertiary/aromatic N) is 4. The summed E-state index contributed by atoms with van der Waals surface area (Å²) in [6.45, 7) is 17.2. The molecule has 0 aliphatic rings. The summed E-state index contributed by atoms with van der Waals surface area (Å²) < 4.78 is 293. The van der Waals surface area contributed by atoms with Crippen molar-refractivity contribution in [1.29, 1.82) is 0 Å². The van der Waals surface area contributed by atoms with Crippen LogP contribution >= 0.6 is 0 Å². The number of sulfone groups is 2. The minimum atomic E-state index is -6.05. The maximum absolute atomic E-state index is 15.2. The largest absolute Gasteiger partial charge is 0.461 e. The van der Waals surface area contributed by atoms with Crippen LogP contribution in [0.4, 0.5) is 74.0 Å². The van der Waals surface area contributed by atoms with Crippen LogP contribution in [0.5, 0.6) is 0 Å². The highest BCUT2D eigenvalue weighted by Gasteiger charge is 2.39. The van der Waals surface area contributed by atoms with E-state index in [9.17, 15) is 73.7 Å². The Bertz CT molecular complexity index is 7350. The van der Waals surface area contributed by atoms with E-state index in [2.05, 4.69) is 137 Å². The van der Waals surface area contributed by atoms with E-state index in [1.54, 1.807) is 6.07 Å². The van der Waals surface area contributed by atoms with Crippen LogP contribution in [0.15, 0.2) is 275 Å². The van der Waals surface area contributed by atoms with Crippen LogP contribution in [0.25, 0.3) is 54.1 Å². The zero-order chi connectivity index (χ0) is 97.2. The van der Waals surface area contributed by atoms with Crippen LogP contribution in [0.1, 0.15) is 48.9 Å². The van der Waals surface area contributed by atoms with Gasteiger partial charge in [0.25, 0.3) is 0 Å². The number of hydrogen-bond donors (Lipinski definition) is 3. The molecule has 0 aliphatic carbocycles. The highest BCUT2D eigenvalue weighted by Crippen LogP contribution is 2.41. The molecule has 12 aromatic carbocycles. The van der Waals surface area contributed by atoms with E-state index in [1.807, 2.05) is 176 Å². The average Bonchev–Trinajstić information content (AvgIpc) is 0.662. The third-order valence-corrected chi connectivity index (χ3v) is 30.6. The molecular weight excluding hydrogens is 1870 g/mol. The van der Waals surface area contributed by atoms with E-state index in [-0.39, 0.29) is 39.1 Å². The van der Waals surface area contributed by atoms with E-state index in [1.165, 1.54) is 0 Å². The Kier molecular flexibility index (Phi) is 33.2. The van der Waals surface area contributed by atoms with Crippen molar-refractivity contribution in [1.82, 2.24) is 5.32 Å². The molecular formula is C95H85F8N7O18S6-2. The van der Waals surface area contributed by atoms with E-state index >= 15 is 26.3 Å². The Balaban J connectivity index is 0.000000258. The van der Waals surface area contributed by atoms with Crippen molar-refractivity contribution in [3.63, 3.8) is 0 Å². The molecule has 0 saturated carbocycles. The van der Waals surface area contributed by atoms with Crippen molar-refractivity contribution >= 4 is 158 Å². The molecule has 702 valence electrons. The topological polar surface area (TPSA) is 355 Å². The second-order valence-corrected chi connectivity index (χ2v) is 40.5. The Hall–Kier alpha value is -13.4. The third-order valence-electron chi connectivity index (χ3n) is 20.4. The van der Waals surface area contributed by atoms with Gasteiger partial charge >= 0.3 is 18.0 Å². The molecule has 0 fully saturated rings. The second kappa shape index (κ2) is 44.0. The van der Waals surface area contributed by atoms with Crippen LogP contribution in [-0.2, 0) is 83.6 Å². The monoisotopic (exact) mass is 1960 g/mol. The molecule has 1 amide bonds. The number of amides is 1. The molecule has 0 heterocycles. The summed E-state index contributed by atoms with van der Waals surface area (Å²) in [5.74, 6) is -28.4. The molecule has 12 rings (SSSR count). The van der Waals surface area contributed by atoms with Gasteiger partial charge in [-0.2, -0.15) is 0 Å². The Morgan fingerprint density at radius 1 is 0.366 bits per heavy atom. The summed E-state index contributed by atoms with van der Waals surface area (Å²) in [5.41, 5.74) is 10.6. The summed E-state index contributed by atoms with van der Waals surface area (Å²) in [5, 5.41) is 15.0. The molecule has 0 bridgehead atoms. The fourth-order valence-electron chi connectivity index (χ4n) is 14.2. The predicted molar refractivity (Wildman–Crippen MR) is 498 cm³/mol. The average molecular weight is 1960 g/mol. The van der Waals surface area contributed by atoms with Crippen molar-refractivity contribution < 1.29 is 114 Å². The summed E-state index contributed by atoms with van der Waals surface area (Å²) in [7, 11) is -32.9. The van der Waals surface area contributed by atoms with Gasteiger partial charge in [0.05, 0.1) is 38.1 Å². The normalized spacial score (nSPS) is 11.8. The molecule has 12 aromatic rings. The van der Waals surface area contributed by atoms with Gasteiger partial charge in [0.1, 0.15) is 59.4 Å². The fraction of sp³-hybridized carbons (Fsp3) is 0.168. The van der Waals surface area contributed by atoms with E-state index in [0.29, 0.717) is 17.5 Å². The number of alkyl carbamates (subject to hydrolysis) is 1. The SMILES string of the molecule is C=CC(=O)OCCNC(=O)OCCS(=O)(=O)c1c(F)c(F)c(S(=O)(=O)[N-]S(=O)(=O)CCCNc2ccc(C(c3ccc(N(CC)CC)cc3)=c3ccc(=C)cc3)c3ccccc23)c(F)c1F.C=CC(=O)OCCS(=O)(=O)c1c(F)c(F)c(S(=O)(=O)[N-]S(=O)(=O)CCCNc2ccc(C(c3ccc(N(c4ccccc4)c4ccccc4)cc3)=c3ccc(=C)cc3)c3ccccc23)c(F)c1F. The van der Waals surface area contributed by atoms with E-state index < -0.39 is 180 Å². The zero-order valence-corrected chi connectivity index (χ0v) is 76.3. The maximum Gasteiger partial charge on any atom is 0.407 e. The minimum Gasteiger partial charge on any atom is -0.461 e. The predicted octanol–water partition coefficient (Wildman–Crippen LogP) is 14.9. The maximum atomic E-state index is 15.2. The standard InChI is InChI=1S/C50H40F4N3O8S3.C45H45F4N4O10S3/c1-3-43(58)65-30-32-66(59,60)49-45(51)47(53)50(48(54)46(49)52)68(63,64)56-67(61,62)31-12-29-55-42-28-27-41(39-17-10-11-18-40(39)42)44(34-21-19-33(2)20-22-34)35-23-25-38(26-24-35)57(36-13-6-4-7-14-36)37-15-8-5-9-16-37;1-5-37(54)62-25-24-51-45(55)63-26-28-64(56,57)43-39(46)41(48)44(42(49)40(43)47)66(60,61)52-65(58,59)27-10-23-50-36-22-21-35(33-11-8-9-12-34(33)36)38(30-15-13-29(4)14-16-30)31-17-19-32(20-18-31)53(6-2)7-3/h3-11,13-28,55H,1-2,12,29-32H2;5,8-9,11-22,50H,1,4,6-7,10,23-28H2,2-3H3,(H,51,55)/q2*-1. The lowest BCUT2D eigenvalue weighted by atomic mass is 9.90. The quantitative estimate of drug-likeness (QED) is 0.00804. The smallest absolute Gasteiger partial charge is 0.407 e. The molecule has 0 radical (unpaired) electrons. The van der Waals surface area contributed by atoms with Crippen molar-refractivity contribution in [3.8, 4) is 0 Å². The molecule has 0 atom stereocenters. The molecule has 0 aromatic heterocycles. The fourth-order valence-corrected chi connectivity index (χ4v) is 22.5. The van der Waals surface area contributed by atoms with E-state index in [0.717, 1.165) is 118 Å². The number of nitrogens with one attached hydrogen (secondary N) is 3. The number of benzene rings is 12. The summed E-state index contributed by atoms with van der Waals surface area (Å²) in [6.07, 6.45) is -0.381. The molecule has 39 heteroatoms. The van der Waals surface area contributed by atoms with Crippen molar-refractivity contribution in [2.45, 2.75) is 46.3 Å². The number of ether oxygens (including phenoxy) is 3. The Labute approximate surface area is 768 Å². The summed E-state index contributed by atoms with van der Waals surface area (Å²) >= 11 is 0. The summed E-state index contributed by atoms with van der Waals surface area (Å²) in [4.78, 5) is 29.0. The van der Waals surface area contributed by atoms with Gasteiger partial charge in [-0.3, -0.25) is 0 Å². The van der Waals surface area contributed by atoms with Crippen molar-refractivity contribution in [3.05, 3.63) is 354 Å². The molecule has 0 aliphatic heterocycles. The van der Waals surface area contributed by atoms with Crippen molar-refractivity contribution in [2.24, 2.45) is 0 Å². The number of sulfonamides is 4. The number of esters is 2. The van der Waals surface area contributed by atoms with Gasteiger partial charge in [-0.15, -0.1) is 0 Å². The first-order valence-electron chi connectivity index (χ1n) is 40.7. The van der Waals surface area contributed by atoms with Gasteiger partial charge in [0.2, 0.25) is 0 Å². The number of rotatable bonds is 39. The zero-order valence-electron chi connectivity index (χ0n) is 71.4. The highest BCUT2D eigenvalue weighted by atomic mass is 32.3. The molecule has 0 saturated heterocycles. The minimum absolute atomic E-state index is 0.0818. The third kappa shape index (κ3) is 24.3. The van der Waals surface area contributed by atoms with Gasteiger partial charge in [0, 0.05) is 94.7 Å². The number of carbonyl (C=O) groups excluding carboxylic acids is 3. The number of hydrogen-bond acceptors (Lipinski definition) is 22. The van der Waals surface area contributed by atoms with Crippen LogP contribution in [0.2, 0.25) is 0 Å². The van der Waals surface area contributed by atoms with Gasteiger partial charge in [-0.1, -0.05) is 196 Å². The summed E-state index contributed by atoms with van der Waals surface area (Å²) in [6, 6.07) is 74.5. The number of para-hydroxylation sites is 2. The Morgan fingerprint density at radius 2 is 0.694 bits per heavy atom. The molecule has 0 spiro atoms. The highest BCUT2D eigenvalue weighted by molar-refractivity contribution is 8.12. The first-order chi connectivity index (χ1) is 63.7. The molecule has 0 unspecified atom stereocenters. The lowest BCUT2D eigenvalue weighted by Gasteiger charge is -2.25. The van der Waals surface area contributed by atoms with Crippen LogP contribution in [0, 0.1) is 46.5 Å². The first-order valence-corrected chi connectivity index (χ1v) is 50.1. The van der Waals surface area contributed by atoms with Crippen molar-refractivity contribution in [2.75, 3.05) is 96.0 Å². The molecule has 25 nitrogen and oxygen atoms in total. The van der Waals surface area contributed by atoms with Gasteiger partial charge in [0.15, 0.2) is 66.2 Å². The van der Waals surface area contributed by atoms with Gasteiger partial charge < -0.3 is 48.2 Å². The Morgan fingerprint density at radius 3 is 1.06 bits per heavy atom. The van der Waals surface area contributed by atoms with Crippen LogP contribution in [0.3, 0.4) is 0 Å². The number of halogens is 8. The number of carbonyl (C=O) groups is 3. The van der Waals surface area contributed by atoms with Gasteiger partial charge in [-0.25, -0.2) is 100 Å². The second-order valence-electron chi connectivity index (χ2n) is 29.3. The first kappa shape index (κ1) is 101. The van der Waals surface area contributed by atoms with Gasteiger partial charge in [-0.05, 0) is 152 Å². The van der Waals surface area contributed by atoms with Crippen LogP contribution in [-0.4, -0.2) is 144 Å². The lowest BCUT2D eigenvalue weighted by Crippen LogP contribution is -2.30. The van der Waals surface area contributed by atoms with Crippen LogP contribution < -0.4 is 46.6 Å². The number of anilines is 6. The molecule has 3 N–H and O–H groups in total. The number of fused-ring (bicyclic) bond motifs is 2. The van der Waals surface area contributed by atoms with E-state index in [4.69, 9.17) is 0 Å². The molecule has 134 heavy (non-hydrogen) atoms.